The summed E-state index contributed by atoms with van der Waals surface area (Å²) in [6.07, 6.45) is 3.53. The van der Waals surface area contributed by atoms with Gasteiger partial charge in [-0.25, -0.2) is 0 Å². The number of thiophene rings is 1. The third-order valence-corrected chi connectivity index (χ3v) is 5.95. The maximum absolute atomic E-state index is 12.5. The predicted molar refractivity (Wildman–Crippen MR) is 115 cm³/mol. The van der Waals surface area contributed by atoms with Crippen LogP contribution in [0, 0.1) is 0 Å². The van der Waals surface area contributed by atoms with E-state index in [0.717, 1.165) is 16.0 Å². The van der Waals surface area contributed by atoms with Crippen molar-refractivity contribution in [2.24, 2.45) is 5.73 Å². The Kier molecular flexibility index (Phi) is 6.41. The van der Waals surface area contributed by atoms with Crippen LogP contribution in [0.2, 0.25) is 0 Å². The molecule has 9 heteroatoms. The number of primary amides is 1. The lowest BCUT2D eigenvalue weighted by molar-refractivity contribution is -0.129. The number of rotatable bonds is 6. The highest BCUT2D eigenvalue weighted by Crippen LogP contribution is 2.37. The number of ether oxygens (including phenoxy) is 2. The van der Waals surface area contributed by atoms with Crippen molar-refractivity contribution in [3.8, 4) is 11.5 Å². The second-order valence-corrected chi connectivity index (χ2v) is 7.80. The highest BCUT2D eigenvalue weighted by Gasteiger charge is 2.28. The Morgan fingerprint density at radius 1 is 1.20 bits per heavy atom. The largest absolute Gasteiger partial charge is 0.493 e. The first-order chi connectivity index (χ1) is 14.3. The molecule has 1 aliphatic rings. The van der Waals surface area contributed by atoms with Gasteiger partial charge in [0.15, 0.2) is 11.5 Å². The van der Waals surface area contributed by atoms with Gasteiger partial charge >= 0.3 is 0 Å². The zero-order valence-electron chi connectivity index (χ0n) is 17.0. The molecule has 2 aromatic rings. The van der Waals surface area contributed by atoms with Crippen molar-refractivity contribution < 1.29 is 23.9 Å². The summed E-state index contributed by atoms with van der Waals surface area (Å²) >= 11 is 1.28. The molecule has 0 spiro atoms. The number of amides is 3. The van der Waals surface area contributed by atoms with Gasteiger partial charge in [-0.15, -0.1) is 11.3 Å². The van der Waals surface area contributed by atoms with Crippen molar-refractivity contribution in [1.82, 2.24) is 4.90 Å². The number of nitrogens with zero attached hydrogens (tertiary/aromatic N) is 1. The Balaban J connectivity index is 1.79. The molecule has 0 unspecified atom stereocenters. The molecule has 0 aliphatic carbocycles. The van der Waals surface area contributed by atoms with E-state index in [2.05, 4.69) is 5.32 Å². The molecule has 0 radical (unpaired) electrons. The summed E-state index contributed by atoms with van der Waals surface area (Å²) in [5.41, 5.74) is 7.45. The fraction of sp³-hybridized carbons (Fsp3) is 0.286. The van der Waals surface area contributed by atoms with Gasteiger partial charge in [0.2, 0.25) is 11.8 Å². The number of anilines is 1. The van der Waals surface area contributed by atoms with Crippen LogP contribution in [0.3, 0.4) is 0 Å². The standard InChI is InChI=1S/C21H23N3O5S/c1-12(25)24-9-8-14-17(11-24)30-21(19(14)20(22)27)23-18(26)7-5-13-4-6-15(28-2)16(10-13)29-3/h4-7,10H,8-9,11H2,1-3H3,(H2,22,27)(H,23,26)/b7-5+. The summed E-state index contributed by atoms with van der Waals surface area (Å²) in [7, 11) is 3.09. The highest BCUT2D eigenvalue weighted by molar-refractivity contribution is 7.17. The monoisotopic (exact) mass is 429 g/mol. The van der Waals surface area contributed by atoms with Gasteiger partial charge in [-0.2, -0.15) is 0 Å². The van der Waals surface area contributed by atoms with E-state index in [4.69, 9.17) is 15.2 Å². The van der Waals surface area contributed by atoms with Crippen LogP contribution < -0.4 is 20.5 Å². The van der Waals surface area contributed by atoms with E-state index >= 15 is 0 Å². The van der Waals surface area contributed by atoms with Gasteiger partial charge in [0, 0.05) is 24.4 Å². The zero-order valence-corrected chi connectivity index (χ0v) is 17.8. The van der Waals surface area contributed by atoms with Crippen LogP contribution in [-0.2, 0) is 22.6 Å². The van der Waals surface area contributed by atoms with Crippen LogP contribution >= 0.6 is 11.3 Å². The van der Waals surface area contributed by atoms with Gasteiger partial charge in [-0.3, -0.25) is 14.4 Å². The molecule has 0 atom stereocenters. The summed E-state index contributed by atoms with van der Waals surface area (Å²) in [5, 5.41) is 3.15. The van der Waals surface area contributed by atoms with Crippen molar-refractivity contribution in [3.05, 3.63) is 45.8 Å². The first kappa shape index (κ1) is 21.4. The summed E-state index contributed by atoms with van der Waals surface area (Å²) in [6.45, 7) is 2.44. The zero-order chi connectivity index (χ0) is 21.8. The van der Waals surface area contributed by atoms with E-state index in [1.807, 2.05) is 0 Å². The van der Waals surface area contributed by atoms with E-state index in [9.17, 15) is 14.4 Å². The molecule has 0 fully saturated rings. The fourth-order valence-corrected chi connectivity index (χ4v) is 4.57. The number of carbonyl (C=O) groups is 3. The first-order valence-electron chi connectivity index (χ1n) is 9.25. The smallest absolute Gasteiger partial charge is 0.251 e. The highest BCUT2D eigenvalue weighted by atomic mass is 32.1. The van der Waals surface area contributed by atoms with Crippen LogP contribution in [0.5, 0.6) is 11.5 Å². The molecule has 1 aliphatic heterocycles. The van der Waals surface area contributed by atoms with Gasteiger partial charge in [0.25, 0.3) is 5.91 Å². The lowest BCUT2D eigenvalue weighted by atomic mass is 10.0. The number of nitrogens with two attached hydrogens (primary N) is 1. The van der Waals surface area contributed by atoms with Gasteiger partial charge in [0.05, 0.1) is 26.3 Å². The van der Waals surface area contributed by atoms with Crippen molar-refractivity contribution in [2.45, 2.75) is 19.9 Å². The lowest BCUT2D eigenvalue weighted by Gasteiger charge is -2.25. The van der Waals surface area contributed by atoms with Crippen molar-refractivity contribution in [3.63, 3.8) is 0 Å². The Labute approximate surface area is 178 Å². The topological polar surface area (TPSA) is 111 Å². The number of fused-ring (bicyclic) bond motifs is 1. The van der Waals surface area contributed by atoms with Crippen LogP contribution in [0.4, 0.5) is 5.00 Å². The molecule has 0 saturated heterocycles. The molecule has 30 heavy (non-hydrogen) atoms. The molecule has 2 heterocycles. The van der Waals surface area contributed by atoms with Gasteiger partial charge < -0.3 is 25.4 Å². The van der Waals surface area contributed by atoms with Crippen LogP contribution in [0.15, 0.2) is 24.3 Å². The molecule has 158 valence electrons. The maximum Gasteiger partial charge on any atom is 0.251 e. The third kappa shape index (κ3) is 4.46. The molecule has 1 aromatic carbocycles. The Morgan fingerprint density at radius 3 is 2.57 bits per heavy atom. The molecular formula is C21H23N3O5S. The van der Waals surface area contributed by atoms with E-state index in [1.54, 1.807) is 36.3 Å². The number of hydrogen-bond acceptors (Lipinski definition) is 6. The summed E-state index contributed by atoms with van der Waals surface area (Å²) in [6, 6.07) is 5.29. The normalized spacial score (nSPS) is 13.1. The van der Waals surface area contributed by atoms with Crippen LogP contribution in [0.1, 0.15) is 33.3 Å². The lowest BCUT2D eigenvalue weighted by Crippen LogP contribution is -2.34. The number of benzene rings is 1. The second-order valence-electron chi connectivity index (χ2n) is 6.70. The van der Waals surface area contributed by atoms with Crippen molar-refractivity contribution >= 4 is 40.1 Å². The van der Waals surface area contributed by atoms with Gasteiger partial charge in [0.1, 0.15) is 5.00 Å². The minimum atomic E-state index is -0.594. The number of methoxy groups -OCH3 is 2. The average Bonchev–Trinajstić information content (AvgIpc) is 3.08. The van der Waals surface area contributed by atoms with E-state index < -0.39 is 11.8 Å². The van der Waals surface area contributed by atoms with E-state index in [0.29, 0.717) is 41.6 Å². The molecule has 0 saturated carbocycles. The number of hydrogen-bond donors (Lipinski definition) is 2. The van der Waals surface area contributed by atoms with Crippen molar-refractivity contribution in [2.75, 3.05) is 26.1 Å². The Hall–Kier alpha value is -3.33. The molecule has 0 bridgehead atoms. The quantitative estimate of drug-likeness (QED) is 0.685. The van der Waals surface area contributed by atoms with E-state index in [-0.39, 0.29) is 5.91 Å². The minimum Gasteiger partial charge on any atom is -0.493 e. The van der Waals surface area contributed by atoms with Gasteiger partial charge in [-0.05, 0) is 35.8 Å². The van der Waals surface area contributed by atoms with Crippen molar-refractivity contribution in [1.29, 1.82) is 0 Å². The number of nitrogens with one attached hydrogen (secondary N) is 1. The third-order valence-electron chi connectivity index (χ3n) is 4.82. The molecule has 8 nitrogen and oxygen atoms in total. The fourth-order valence-electron chi connectivity index (χ4n) is 3.30. The molecule has 3 N–H and O–H groups in total. The Bertz CT molecular complexity index is 1030. The maximum atomic E-state index is 12.5. The summed E-state index contributed by atoms with van der Waals surface area (Å²) < 4.78 is 10.5. The molecular weight excluding hydrogens is 406 g/mol. The average molecular weight is 429 g/mol. The van der Waals surface area contributed by atoms with Crippen LogP contribution in [0.25, 0.3) is 6.08 Å². The summed E-state index contributed by atoms with van der Waals surface area (Å²) in [4.78, 5) is 38.7. The Morgan fingerprint density at radius 2 is 1.93 bits per heavy atom. The van der Waals surface area contributed by atoms with Gasteiger partial charge in [-0.1, -0.05) is 6.07 Å². The SMILES string of the molecule is COc1ccc(/C=C/C(=O)Nc2sc3c(c2C(N)=O)CCN(C(C)=O)C3)cc1OC. The molecule has 1 aromatic heterocycles. The predicted octanol–water partition coefficient (Wildman–Crippen LogP) is 2.42. The minimum absolute atomic E-state index is 0.0295. The van der Waals surface area contributed by atoms with E-state index in [1.165, 1.54) is 31.4 Å². The molecule has 3 amide bonds. The molecule has 3 rings (SSSR count). The summed E-state index contributed by atoms with van der Waals surface area (Å²) in [5.74, 6) is 0.126. The van der Waals surface area contributed by atoms with Crippen LogP contribution in [-0.4, -0.2) is 43.4 Å². The second kappa shape index (κ2) is 9.00. The number of carbonyl (C=O) groups excluding carboxylic acids is 3. The first-order valence-corrected chi connectivity index (χ1v) is 10.1.